The predicted octanol–water partition coefficient (Wildman–Crippen LogP) is 3.73. The van der Waals surface area contributed by atoms with Crippen molar-refractivity contribution in [2.45, 2.75) is 13.5 Å². The molecule has 122 valence electrons. The summed E-state index contributed by atoms with van der Waals surface area (Å²) in [6.45, 7) is 3.27. The van der Waals surface area contributed by atoms with Crippen molar-refractivity contribution in [3.05, 3.63) is 58.3 Å². The van der Waals surface area contributed by atoms with Crippen molar-refractivity contribution in [1.82, 2.24) is 0 Å². The fourth-order valence-electron chi connectivity index (χ4n) is 2.71. The van der Waals surface area contributed by atoms with E-state index in [1.165, 1.54) is 6.07 Å². The summed E-state index contributed by atoms with van der Waals surface area (Å²) in [5.41, 5.74) is 2.20. The third-order valence-electron chi connectivity index (χ3n) is 3.92. The van der Waals surface area contributed by atoms with Crippen molar-refractivity contribution in [2.24, 2.45) is 0 Å². The fraction of sp³-hybridized carbons (Fsp3) is 0.211. The molecule has 0 saturated heterocycles. The fourth-order valence-corrected chi connectivity index (χ4v) is 2.71. The van der Waals surface area contributed by atoms with Gasteiger partial charge in [0.1, 0.15) is 11.3 Å². The average molecular weight is 324 g/mol. The van der Waals surface area contributed by atoms with E-state index in [2.05, 4.69) is 0 Å². The Labute approximate surface area is 138 Å². The normalized spacial score (nSPS) is 12.7. The zero-order valence-electron chi connectivity index (χ0n) is 13.2. The molecule has 1 aliphatic heterocycles. The summed E-state index contributed by atoms with van der Waals surface area (Å²) in [6.07, 6.45) is 0. The maximum atomic E-state index is 12.5. The smallest absolute Gasteiger partial charge is 0.231 e. The quantitative estimate of drug-likeness (QED) is 0.732. The SMILES string of the molecule is CCOCc1ccc2oc(-c3ccc4c(c3)OCO4)cc(=O)c2c1. The van der Waals surface area contributed by atoms with Gasteiger partial charge < -0.3 is 18.6 Å². The van der Waals surface area contributed by atoms with Gasteiger partial charge in [0.25, 0.3) is 0 Å². The van der Waals surface area contributed by atoms with Gasteiger partial charge in [-0.25, -0.2) is 0 Å². The molecule has 2 heterocycles. The lowest BCUT2D eigenvalue weighted by molar-refractivity contribution is 0.134. The summed E-state index contributed by atoms with van der Waals surface area (Å²) in [7, 11) is 0. The van der Waals surface area contributed by atoms with Crippen LogP contribution < -0.4 is 14.9 Å². The Balaban J connectivity index is 1.76. The van der Waals surface area contributed by atoms with E-state index in [4.69, 9.17) is 18.6 Å². The number of hydrogen-bond donors (Lipinski definition) is 0. The van der Waals surface area contributed by atoms with Crippen LogP contribution in [0.15, 0.2) is 51.7 Å². The number of ether oxygens (including phenoxy) is 3. The van der Waals surface area contributed by atoms with Gasteiger partial charge in [0.05, 0.1) is 12.0 Å². The third-order valence-corrected chi connectivity index (χ3v) is 3.92. The van der Waals surface area contributed by atoms with Gasteiger partial charge in [0.2, 0.25) is 6.79 Å². The van der Waals surface area contributed by atoms with Gasteiger partial charge in [-0.2, -0.15) is 0 Å². The molecule has 0 bridgehead atoms. The van der Waals surface area contributed by atoms with E-state index < -0.39 is 0 Å². The molecule has 1 aromatic heterocycles. The highest BCUT2D eigenvalue weighted by atomic mass is 16.7. The van der Waals surface area contributed by atoms with Crippen LogP contribution in [0, 0.1) is 0 Å². The lowest BCUT2D eigenvalue weighted by Gasteiger charge is -2.06. The van der Waals surface area contributed by atoms with Crippen LogP contribution in [0.4, 0.5) is 0 Å². The summed E-state index contributed by atoms with van der Waals surface area (Å²) in [4.78, 5) is 12.5. The number of rotatable bonds is 4. The molecular formula is C19H16O5. The van der Waals surface area contributed by atoms with Gasteiger partial charge in [-0.05, 0) is 42.8 Å². The Morgan fingerprint density at radius 3 is 2.79 bits per heavy atom. The highest BCUT2D eigenvalue weighted by Crippen LogP contribution is 2.36. The molecule has 24 heavy (non-hydrogen) atoms. The summed E-state index contributed by atoms with van der Waals surface area (Å²) in [5, 5.41) is 0.552. The van der Waals surface area contributed by atoms with E-state index in [1.807, 2.05) is 43.3 Å². The average Bonchev–Trinajstić information content (AvgIpc) is 3.07. The van der Waals surface area contributed by atoms with Crippen molar-refractivity contribution in [1.29, 1.82) is 0 Å². The van der Waals surface area contributed by atoms with Gasteiger partial charge in [0, 0.05) is 18.2 Å². The number of hydrogen-bond acceptors (Lipinski definition) is 5. The van der Waals surface area contributed by atoms with Gasteiger partial charge in [-0.3, -0.25) is 4.79 Å². The van der Waals surface area contributed by atoms with Crippen molar-refractivity contribution in [2.75, 3.05) is 13.4 Å². The second-order valence-corrected chi connectivity index (χ2v) is 5.51. The Morgan fingerprint density at radius 1 is 1.04 bits per heavy atom. The van der Waals surface area contributed by atoms with E-state index in [1.54, 1.807) is 0 Å². The maximum Gasteiger partial charge on any atom is 0.231 e. The minimum atomic E-state index is -0.0812. The summed E-state index contributed by atoms with van der Waals surface area (Å²) >= 11 is 0. The minimum Gasteiger partial charge on any atom is -0.456 e. The highest BCUT2D eigenvalue weighted by molar-refractivity contribution is 5.79. The molecule has 0 amide bonds. The van der Waals surface area contributed by atoms with Crippen LogP contribution in [-0.4, -0.2) is 13.4 Å². The minimum absolute atomic E-state index is 0.0812. The first kappa shape index (κ1) is 14.8. The van der Waals surface area contributed by atoms with E-state index >= 15 is 0 Å². The molecule has 0 spiro atoms. The van der Waals surface area contributed by atoms with Crippen molar-refractivity contribution in [3.8, 4) is 22.8 Å². The first-order valence-electron chi connectivity index (χ1n) is 7.79. The largest absolute Gasteiger partial charge is 0.456 e. The molecule has 5 nitrogen and oxygen atoms in total. The topological polar surface area (TPSA) is 57.9 Å². The highest BCUT2D eigenvalue weighted by Gasteiger charge is 2.15. The van der Waals surface area contributed by atoms with Crippen LogP contribution >= 0.6 is 0 Å². The maximum absolute atomic E-state index is 12.5. The second kappa shape index (κ2) is 6.02. The van der Waals surface area contributed by atoms with Crippen LogP contribution in [0.25, 0.3) is 22.3 Å². The van der Waals surface area contributed by atoms with Crippen LogP contribution in [0.2, 0.25) is 0 Å². The van der Waals surface area contributed by atoms with Gasteiger partial charge in [-0.15, -0.1) is 0 Å². The molecule has 0 radical (unpaired) electrons. The van der Waals surface area contributed by atoms with Crippen LogP contribution in [0.5, 0.6) is 11.5 Å². The van der Waals surface area contributed by atoms with Crippen LogP contribution in [0.1, 0.15) is 12.5 Å². The number of fused-ring (bicyclic) bond motifs is 2. The van der Waals surface area contributed by atoms with Crippen molar-refractivity contribution >= 4 is 11.0 Å². The summed E-state index contributed by atoms with van der Waals surface area (Å²) in [6, 6.07) is 12.5. The molecular weight excluding hydrogens is 308 g/mol. The van der Waals surface area contributed by atoms with Gasteiger partial charge in [-0.1, -0.05) is 6.07 Å². The van der Waals surface area contributed by atoms with Gasteiger partial charge in [0.15, 0.2) is 16.9 Å². The molecule has 5 heteroatoms. The molecule has 0 N–H and O–H groups in total. The Morgan fingerprint density at radius 2 is 1.92 bits per heavy atom. The van der Waals surface area contributed by atoms with Gasteiger partial charge >= 0.3 is 0 Å². The zero-order chi connectivity index (χ0) is 16.5. The van der Waals surface area contributed by atoms with Crippen LogP contribution in [-0.2, 0) is 11.3 Å². The molecule has 0 fully saturated rings. The summed E-state index contributed by atoms with van der Waals surface area (Å²) < 4.78 is 22.0. The monoisotopic (exact) mass is 324 g/mol. The van der Waals surface area contributed by atoms with E-state index in [0.717, 1.165) is 11.1 Å². The molecule has 0 unspecified atom stereocenters. The molecule has 0 atom stereocenters. The van der Waals surface area contributed by atoms with Crippen molar-refractivity contribution in [3.63, 3.8) is 0 Å². The first-order chi connectivity index (χ1) is 11.7. The molecule has 2 aromatic carbocycles. The van der Waals surface area contributed by atoms with E-state index in [0.29, 0.717) is 41.4 Å². The number of benzene rings is 2. The second-order valence-electron chi connectivity index (χ2n) is 5.51. The Bertz CT molecular complexity index is 958. The van der Waals surface area contributed by atoms with E-state index in [9.17, 15) is 4.79 Å². The Hall–Kier alpha value is -2.79. The Kier molecular flexibility index (Phi) is 3.70. The predicted molar refractivity (Wildman–Crippen MR) is 89.4 cm³/mol. The molecule has 0 aliphatic carbocycles. The van der Waals surface area contributed by atoms with E-state index in [-0.39, 0.29) is 12.2 Å². The molecule has 3 aromatic rings. The lowest BCUT2D eigenvalue weighted by atomic mass is 10.1. The molecule has 0 saturated carbocycles. The third kappa shape index (κ3) is 2.63. The standard InChI is InChI=1S/C19H16O5/c1-2-21-10-12-3-5-16-14(7-12)15(20)9-18(24-16)13-4-6-17-19(8-13)23-11-22-17/h3-9H,2,10-11H2,1H3. The zero-order valence-corrected chi connectivity index (χ0v) is 13.2. The summed E-state index contributed by atoms with van der Waals surface area (Å²) in [5.74, 6) is 1.85. The van der Waals surface area contributed by atoms with Crippen molar-refractivity contribution < 1.29 is 18.6 Å². The molecule has 1 aliphatic rings. The molecule has 4 rings (SSSR count). The van der Waals surface area contributed by atoms with Crippen LogP contribution in [0.3, 0.4) is 0 Å². The first-order valence-corrected chi connectivity index (χ1v) is 7.79. The lowest BCUT2D eigenvalue weighted by Crippen LogP contribution is -2.02.